The predicted octanol–water partition coefficient (Wildman–Crippen LogP) is 2.00. The number of carbonyl (C=O) groups is 1. The Morgan fingerprint density at radius 1 is 1.50 bits per heavy atom. The SMILES string of the molecule is CN(C)C(=O)c1cc(F)c(O)c(Br)c1. The molecule has 5 heteroatoms. The van der Waals surface area contributed by atoms with Gasteiger partial charge in [0.2, 0.25) is 0 Å². The lowest BCUT2D eigenvalue weighted by molar-refractivity contribution is 0.0827. The Kier molecular flexibility index (Phi) is 3.10. The third-order valence-electron chi connectivity index (χ3n) is 1.67. The highest BCUT2D eigenvalue weighted by atomic mass is 79.9. The van der Waals surface area contributed by atoms with Gasteiger partial charge in [0.15, 0.2) is 11.6 Å². The van der Waals surface area contributed by atoms with Gasteiger partial charge >= 0.3 is 0 Å². The van der Waals surface area contributed by atoms with Gasteiger partial charge in [-0.1, -0.05) is 0 Å². The van der Waals surface area contributed by atoms with E-state index in [0.29, 0.717) is 0 Å². The van der Waals surface area contributed by atoms with Crippen molar-refractivity contribution in [1.29, 1.82) is 0 Å². The Bertz CT molecular complexity index is 356. The summed E-state index contributed by atoms with van der Waals surface area (Å²) in [6.07, 6.45) is 0. The summed E-state index contributed by atoms with van der Waals surface area (Å²) in [5, 5.41) is 9.10. The summed E-state index contributed by atoms with van der Waals surface area (Å²) in [5.41, 5.74) is 0.192. The van der Waals surface area contributed by atoms with Crippen LogP contribution in [-0.4, -0.2) is 30.0 Å². The third kappa shape index (κ3) is 2.04. The maximum Gasteiger partial charge on any atom is 0.253 e. The average Bonchev–Trinajstić information content (AvgIpc) is 2.12. The van der Waals surface area contributed by atoms with Gasteiger partial charge in [-0.15, -0.1) is 0 Å². The smallest absolute Gasteiger partial charge is 0.253 e. The summed E-state index contributed by atoms with van der Waals surface area (Å²) in [6, 6.07) is 2.38. The van der Waals surface area contributed by atoms with Crippen LogP contribution in [0.5, 0.6) is 5.75 Å². The first-order chi connectivity index (χ1) is 6.43. The molecule has 0 fully saturated rings. The summed E-state index contributed by atoms with van der Waals surface area (Å²) >= 11 is 2.95. The van der Waals surface area contributed by atoms with Crippen LogP contribution in [0.2, 0.25) is 0 Å². The fraction of sp³-hybridized carbons (Fsp3) is 0.222. The van der Waals surface area contributed by atoms with E-state index in [2.05, 4.69) is 15.9 Å². The molecule has 0 aliphatic carbocycles. The number of phenolic OH excluding ortho intramolecular Hbond substituents is 1. The first-order valence-corrected chi connectivity index (χ1v) is 4.62. The first-order valence-electron chi connectivity index (χ1n) is 3.83. The Labute approximate surface area is 89.3 Å². The van der Waals surface area contributed by atoms with Crippen LogP contribution in [0, 0.1) is 5.82 Å². The molecule has 1 amide bonds. The lowest BCUT2D eigenvalue weighted by atomic mass is 10.2. The van der Waals surface area contributed by atoms with Crippen molar-refractivity contribution in [1.82, 2.24) is 4.90 Å². The van der Waals surface area contributed by atoms with Gasteiger partial charge in [-0.05, 0) is 28.1 Å². The Hall–Kier alpha value is -1.10. The molecule has 0 radical (unpaired) electrons. The van der Waals surface area contributed by atoms with Gasteiger partial charge in [0.25, 0.3) is 5.91 Å². The molecule has 1 rings (SSSR count). The maximum atomic E-state index is 13.0. The zero-order chi connectivity index (χ0) is 10.9. The van der Waals surface area contributed by atoms with Crippen LogP contribution in [0.3, 0.4) is 0 Å². The molecular weight excluding hydrogens is 253 g/mol. The number of hydrogen-bond acceptors (Lipinski definition) is 2. The molecule has 0 aromatic heterocycles. The van der Waals surface area contributed by atoms with E-state index >= 15 is 0 Å². The van der Waals surface area contributed by atoms with Crippen molar-refractivity contribution >= 4 is 21.8 Å². The summed E-state index contributed by atoms with van der Waals surface area (Å²) in [5.74, 6) is -1.62. The molecule has 0 heterocycles. The van der Waals surface area contributed by atoms with E-state index in [1.165, 1.54) is 11.0 Å². The van der Waals surface area contributed by atoms with Crippen LogP contribution in [-0.2, 0) is 0 Å². The standard InChI is InChI=1S/C9H9BrFNO2/c1-12(2)9(14)5-3-6(10)8(13)7(11)4-5/h3-4,13H,1-2H3. The lowest BCUT2D eigenvalue weighted by Crippen LogP contribution is -2.21. The van der Waals surface area contributed by atoms with Crippen molar-refractivity contribution in [2.24, 2.45) is 0 Å². The second-order valence-corrected chi connectivity index (χ2v) is 3.84. The average molecular weight is 262 g/mol. The Morgan fingerprint density at radius 3 is 2.50 bits per heavy atom. The molecule has 0 aliphatic rings. The summed E-state index contributed by atoms with van der Waals surface area (Å²) in [4.78, 5) is 12.7. The highest BCUT2D eigenvalue weighted by Gasteiger charge is 2.13. The second-order valence-electron chi connectivity index (χ2n) is 2.99. The quantitative estimate of drug-likeness (QED) is 0.840. The topological polar surface area (TPSA) is 40.5 Å². The number of carbonyl (C=O) groups excluding carboxylic acids is 1. The molecule has 0 unspecified atom stereocenters. The van der Waals surface area contributed by atoms with E-state index in [9.17, 15) is 9.18 Å². The van der Waals surface area contributed by atoms with E-state index < -0.39 is 11.6 Å². The van der Waals surface area contributed by atoms with E-state index in [0.717, 1.165) is 6.07 Å². The molecule has 1 aromatic carbocycles. The van der Waals surface area contributed by atoms with E-state index in [-0.39, 0.29) is 15.9 Å². The molecular formula is C9H9BrFNO2. The third-order valence-corrected chi connectivity index (χ3v) is 2.27. The van der Waals surface area contributed by atoms with Gasteiger partial charge in [-0.3, -0.25) is 4.79 Å². The van der Waals surface area contributed by atoms with Crippen molar-refractivity contribution in [3.8, 4) is 5.75 Å². The van der Waals surface area contributed by atoms with Crippen LogP contribution < -0.4 is 0 Å². The molecule has 14 heavy (non-hydrogen) atoms. The molecule has 0 spiro atoms. The number of aromatic hydroxyl groups is 1. The molecule has 76 valence electrons. The zero-order valence-corrected chi connectivity index (χ0v) is 9.30. The highest BCUT2D eigenvalue weighted by molar-refractivity contribution is 9.10. The number of halogens is 2. The fourth-order valence-corrected chi connectivity index (χ4v) is 1.38. The van der Waals surface area contributed by atoms with Crippen LogP contribution in [0.15, 0.2) is 16.6 Å². The normalized spacial score (nSPS) is 10.0. The minimum Gasteiger partial charge on any atom is -0.504 e. The summed E-state index contributed by atoms with van der Waals surface area (Å²) in [6.45, 7) is 0. The van der Waals surface area contributed by atoms with Gasteiger partial charge in [-0.2, -0.15) is 0 Å². The molecule has 0 bridgehead atoms. The minimum absolute atomic E-state index is 0.169. The zero-order valence-electron chi connectivity index (χ0n) is 7.71. The molecule has 3 nitrogen and oxygen atoms in total. The van der Waals surface area contributed by atoms with E-state index in [1.54, 1.807) is 14.1 Å². The minimum atomic E-state index is -0.815. The number of amides is 1. The largest absolute Gasteiger partial charge is 0.504 e. The van der Waals surface area contributed by atoms with Crippen molar-refractivity contribution in [3.05, 3.63) is 28.0 Å². The molecule has 1 N–H and O–H groups in total. The highest BCUT2D eigenvalue weighted by Crippen LogP contribution is 2.28. The van der Waals surface area contributed by atoms with E-state index in [4.69, 9.17) is 5.11 Å². The molecule has 1 aromatic rings. The Balaban J connectivity index is 3.19. The van der Waals surface area contributed by atoms with Crippen molar-refractivity contribution in [2.75, 3.05) is 14.1 Å². The van der Waals surface area contributed by atoms with Gasteiger partial charge in [0.05, 0.1) is 4.47 Å². The van der Waals surface area contributed by atoms with Crippen molar-refractivity contribution in [3.63, 3.8) is 0 Å². The first kappa shape index (κ1) is 11.0. The van der Waals surface area contributed by atoms with E-state index in [1.807, 2.05) is 0 Å². The Morgan fingerprint density at radius 2 is 2.07 bits per heavy atom. The number of benzene rings is 1. The van der Waals surface area contributed by atoms with Crippen LogP contribution >= 0.6 is 15.9 Å². The monoisotopic (exact) mass is 261 g/mol. The predicted molar refractivity (Wildman–Crippen MR) is 53.8 cm³/mol. The number of hydrogen-bond donors (Lipinski definition) is 1. The fourth-order valence-electron chi connectivity index (χ4n) is 0.947. The second kappa shape index (κ2) is 3.96. The molecule has 0 atom stereocenters. The van der Waals surface area contributed by atoms with Gasteiger partial charge in [0, 0.05) is 19.7 Å². The number of phenols is 1. The molecule has 0 saturated carbocycles. The summed E-state index contributed by atoms with van der Waals surface area (Å²) < 4.78 is 13.2. The lowest BCUT2D eigenvalue weighted by Gasteiger charge is -2.10. The molecule has 0 aliphatic heterocycles. The molecule has 0 saturated heterocycles. The number of rotatable bonds is 1. The van der Waals surface area contributed by atoms with Gasteiger partial charge in [-0.25, -0.2) is 4.39 Å². The number of nitrogens with zero attached hydrogens (tertiary/aromatic N) is 1. The van der Waals surface area contributed by atoms with Gasteiger partial charge < -0.3 is 10.0 Å². The van der Waals surface area contributed by atoms with Crippen LogP contribution in [0.4, 0.5) is 4.39 Å². The van der Waals surface area contributed by atoms with Gasteiger partial charge in [0.1, 0.15) is 0 Å². The van der Waals surface area contributed by atoms with Crippen LogP contribution in [0.25, 0.3) is 0 Å². The summed E-state index contributed by atoms with van der Waals surface area (Å²) in [7, 11) is 3.14. The maximum absolute atomic E-state index is 13.0. The van der Waals surface area contributed by atoms with Crippen molar-refractivity contribution in [2.45, 2.75) is 0 Å². The van der Waals surface area contributed by atoms with Crippen LogP contribution in [0.1, 0.15) is 10.4 Å². The van der Waals surface area contributed by atoms with Crippen molar-refractivity contribution < 1.29 is 14.3 Å².